The Labute approximate surface area is 140 Å². The van der Waals surface area contributed by atoms with E-state index in [4.69, 9.17) is 9.47 Å². The van der Waals surface area contributed by atoms with Crippen molar-refractivity contribution < 1.29 is 14.3 Å². The molecule has 3 rings (SSSR count). The number of ether oxygens (including phenoxy) is 2. The molecule has 0 aliphatic carbocycles. The van der Waals surface area contributed by atoms with E-state index in [-0.39, 0.29) is 12.0 Å². The number of carbonyl (C=O) groups is 1. The van der Waals surface area contributed by atoms with Gasteiger partial charge in [-0.05, 0) is 40.8 Å². The molecule has 1 atom stereocenters. The Balaban J connectivity index is 1.63. The van der Waals surface area contributed by atoms with Crippen LogP contribution in [0.25, 0.3) is 0 Å². The number of fused-ring (bicyclic) bond motifs is 1. The Morgan fingerprint density at radius 3 is 2.90 bits per heavy atom. The molecule has 0 saturated heterocycles. The highest BCUT2D eigenvalue weighted by Gasteiger charge is 2.24. The standard InChI is InChI=1S/C15H14INO3S/c1-17(15(18)10-6-14(16)21-9-10)7-11-8-19-12-4-2-3-5-13(12)20-11/h2-6,9,11H,7-8H2,1H3. The number of halogens is 1. The first-order valence-corrected chi connectivity index (χ1v) is 8.47. The summed E-state index contributed by atoms with van der Waals surface area (Å²) in [6.45, 7) is 0.954. The lowest BCUT2D eigenvalue weighted by atomic mass is 10.2. The third-order valence-electron chi connectivity index (χ3n) is 3.21. The van der Waals surface area contributed by atoms with Gasteiger partial charge in [0.25, 0.3) is 5.91 Å². The molecule has 1 amide bonds. The van der Waals surface area contributed by atoms with E-state index in [1.54, 1.807) is 23.3 Å². The predicted octanol–water partition coefficient (Wildman–Crippen LogP) is 3.26. The summed E-state index contributed by atoms with van der Waals surface area (Å²) in [6.07, 6.45) is -0.147. The van der Waals surface area contributed by atoms with Crippen molar-refractivity contribution in [2.75, 3.05) is 20.2 Å². The summed E-state index contributed by atoms with van der Waals surface area (Å²) >= 11 is 3.79. The summed E-state index contributed by atoms with van der Waals surface area (Å²) in [4.78, 5) is 14.0. The van der Waals surface area contributed by atoms with Crippen molar-refractivity contribution in [2.45, 2.75) is 6.10 Å². The number of nitrogens with zero attached hydrogens (tertiary/aromatic N) is 1. The van der Waals surface area contributed by atoms with Gasteiger partial charge in [-0.2, -0.15) is 0 Å². The van der Waals surface area contributed by atoms with Crippen LogP contribution in [-0.4, -0.2) is 37.1 Å². The molecule has 21 heavy (non-hydrogen) atoms. The van der Waals surface area contributed by atoms with Crippen LogP contribution in [0, 0.1) is 2.88 Å². The molecule has 2 aromatic rings. The Hall–Kier alpha value is -1.28. The molecule has 0 fully saturated rings. The maximum absolute atomic E-state index is 12.3. The van der Waals surface area contributed by atoms with Crippen molar-refractivity contribution in [3.63, 3.8) is 0 Å². The molecule has 2 heterocycles. The van der Waals surface area contributed by atoms with Crippen LogP contribution in [0.2, 0.25) is 0 Å². The summed E-state index contributed by atoms with van der Waals surface area (Å²) in [5.74, 6) is 1.51. The second kappa shape index (κ2) is 6.23. The lowest BCUT2D eigenvalue weighted by Crippen LogP contribution is -2.41. The van der Waals surface area contributed by atoms with Crippen LogP contribution in [0.1, 0.15) is 10.4 Å². The summed E-state index contributed by atoms with van der Waals surface area (Å²) in [6, 6.07) is 9.49. The number of rotatable bonds is 3. The van der Waals surface area contributed by atoms with Gasteiger partial charge >= 0.3 is 0 Å². The summed E-state index contributed by atoms with van der Waals surface area (Å²) < 4.78 is 12.6. The van der Waals surface area contributed by atoms with E-state index in [0.717, 1.165) is 19.9 Å². The van der Waals surface area contributed by atoms with Crippen LogP contribution < -0.4 is 9.47 Å². The first-order chi connectivity index (χ1) is 10.1. The summed E-state index contributed by atoms with van der Waals surface area (Å²) in [5, 5.41) is 1.88. The molecule has 1 unspecified atom stereocenters. The monoisotopic (exact) mass is 415 g/mol. The van der Waals surface area contributed by atoms with Gasteiger partial charge in [0.2, 0.25) is 0 Å². The van der Waals surface area contributed by atoms with Gasteiger partial charge in [-0.1, -0.05) is 12.1 Å². The van der Waals surface area contributed by atoms with Crippen molar-refractivity contribution in [1.29, 1.82) is 0 Å². The zero-order chi connectivity index (χ0) is 14.8. The maximum atomic E-state index is 12.3. The molecule has 1 aliphatic rings. The lowest BCUT2D eigenvalue weighted by molar-refractivity contribution is 0.0521. The third-order valence-corrected chi connectivity index (χ3v) is 5.00. The number of carbonyl (C=O) groups excluding carboxylic acids is 1. The molecule has 0 bridgehead atoms. The second-order valence-electron chi connectivity index (χ2n) is 4.82. The van der Waals surface area contributed by atoms with E-state index in [1.807, 2.05) is 35.7 Å². The van der Waals surface area contributed by atoms with Gasteiger partial charge in [0.15, 0.2) is 17.6 Å². The molecular formula is C15H14INO3S. The third kappa shape index (κ3) is 3.32. The zero-order valence-electron chi connectivity index (χ0n) is 11.4. The number of hydrogen-bond acceptors (Lipinski definition) is 4. The molecule has 1 aromatic heterocycles. The molecule has 4 nitrogen and oxygen atoms in total. The topological polar surface area (TPSA) is 38.8 Å². The molecule has 0 saturated carbocycles. The smallest absolute Gasteiger partial charge is 0.254 e. The lowest BCUT2D eigenvalue weighted by Gasteiger charge is -2.29. The number of hydrogen-bond donors (Lipinski definition) is 0. The molecule has 6 heteroatoms. The van der Waals surface area contributed by atoms with Crippen LogP contribution in [0.4, 0.5) is 0 Å². The maximum Gasteiger partial charge on any atom is 0.254 e. The summed E-state index contributed by atoms with van der Waals surface area (Å²) in [5.41, 5.74) is 0.726. The van der Waals surface area contributed by atoms with Crippen LogP contribution >= 0.6 is 33.9 Å². The van der Waals surface area contributed by atoms with E-state index in [2.05, 4.69) is 22.6 Å². The quantitative estimate of drug-likeness (QED) is 0.723. The fourth-order valence-electron chi connectivity index (χ4n) is 2.18. The predicted molar refractivity (Wildman–Crippen MR) is 90.3 cm³/mol. The highest BCUT2D eigenvalue weighted by molar-refractivity contribution is 14.1. The number of likely N-dealkylation sites (N-methyl/N-ethyl adjacent to an activating group) is 1. The minimum Gasteiger partial charge on any atom is -0.486 e. The zero-order valence-corrected chi connectivity index (χ0v) is 14.4. The Kier molecular flexibility index (Phi) is 4.34. The number of thiophene rings is 1. The fourth-order valence-corrected chi connectivity index (χ4v) is 3.50. The van der Waals surface area contributed by atoms with Crippen molar-refractivity contribution in [3.05, 3.63) is 44.2 Å². The number of benzene rings is 1. The molecular weight excluding hydrogens is 401 g/mol. The average Bonchev–Trinajstić information content (AvgIpc) is 2.93. The highest BCUT2D eigenvalue weighted by atomic mass is 127. The van der Waals surface area contributed by atoms with Crippen LogP contribution in [0.5, 0.6) is 11.5 Å². The minimum absolute atomic E-state index is 0.0108. The van der Waals surface area contributed by atoms with Gasteiger partial charge in [0.1, 0.15) is 6.61 Å². The van der Waals surface area contributed by atoms with E-state index in [0.29, 0.717) is 13.2 Å². The van der Waals surface area contributed by atoms with Crippen LogP contribution in [0.3, 0.4) is 0 Å². The van der Waals surface area contributed by atoms with E-state index in [1.165, 1.54) is 0 Å². The van der Waals surface area contributed by atoms with Gasteiger partial charge in [0.05, 0.1) is 15.0 Å². The fraction of sp³-hybridized carbons (Fsp3) is 0.267. The average molecular weight is 415 g/mol. The van der Waals surface area contributed by atoms with Gasteiger partial charge in [-0.15, -0.1) is 11.3 Å². The molecule has 0 spiro atoms. The van der Waals surface area contributed by atoms with Crippen molar-refractivity contribution in [1.82, 2.24) is 4.90 Å². The number of amides is 1. The highest BCUT2D eigenvalue weighted by Crippen LogP contribution is 2.31. The van der Waals surface area contributed by atoms with E-state index < -0.39 is 0 Å². The molecule has 0 N–H and O–H groups in total. The van der Waals surface area contributed by atoms with Crippen LogP contribution in [-0.2, 0) is 0 Å². The van der Waals surface area contributed by atoms with Gasteiger partial charge in [-0.25, -0.2) is 0 Å². The molecule has 1 aromatic carbocycles. The van der Waals surface area contributed by atoms with E-state index >= 15 is 0 Å². The van der Waals surface area contributed by atoms with E-state index in [9.17, 15) is 4.79 Å². The molecule has 110 valence electrons. The largest absolute Gasteiger partial charge is 0.486 e. The van der Waals surface area contributed by atoms with Gasteiger partial charge < -0.3 is 14.4 Å². The molecule has 1 aliphatic heterocycles. The van der Waals surface area contributed by atoms with Crippen molar-refractivity contribution >= 4 is 39.8 Å². The summed E-state index contributed by atoms with van der Waals surface area (Å²) in [7, 11) is 1.79. The SMILES string of the molecule is CN(CC1COc2ccccc2O1)C(=O)c1csc(I)c1. The second-order valence-corrected chi connectivity index (χ2v) is 7.63. The normalized spacial score (nSPS) is 16.6. The van der Waals surface area contributed by atoms with Gasteiger partial charge in [-0.3, -0.25) is 4.79 Å². The first-order valence-electron chi connectivity index (χ1n) is 6.51. The first kappa shape index (κ1) is 14.6. The Bertz CT molecular complexity index is 658. The minimum atomic E-state index is -0.147. The van der Waals surface area contributed by atoms with Crippen molar-refractivity contribution in [3.8, 4) is 11.5 Å². The molecule has 0 radical (unpaired) electrons. The number of para-hydroxylation sites is 2. The van der Waals surface area contributed by atoms with Crippen molar-refractivity contribution in [2.24, 2.45) is 0 Å². The Morgan fingerprint density at radius 2 is 2.19 bits per heavy atom. The Morgan fingerprint density at radius 1 is 1.43 bits per heavy atom. The van der Waals surface area contributed by atoms with Crippen LogP contribution in [0.15, 0.2) is 35.7 Å². The van der Waals surface area contributed by atoms with Gasteiger partial charge in [0, 0.05) is 12.4 Å².